The zero-order chi connectivity index (χ0) is 12.1. The molecule has 0 saturated heterocycles. The van der Waals surface area contributed by atoms with Crippen molar-refractivity contribution in [3.05, 3.63) is 42.0 Å². The second kappa shape index (κ2) is 5.43. The van der Waals surface area contributed by atoms with Crippen LogP contribution in [0.25, 0.3) is 11.3 Å². The Hall–Kier alpha value is -1.90. The molecule has 1 aromatic heterocycles. The summed E-state index contributed by atoms with van der Waals surface area (Å²) in [5.74, 6) is 0.836. The fourth-order valence-electron chi connectivity index (χ4n) is 1.56. The number of nitrogens with one attached hydrogen (secondary N) is 1. The average molecular weight is 227 g/mol. The smallest absolute Gasteiger partial charge is 0.148 e. The Morgan fingerprint density at radius 3 is 2.35 bits per heavy atom. The SMILES string of the molecule is CCCNc1ccc(-c2ccc(C)cc2)nn1. The van der Waals surface area contributed by atoms with E-state index in [1.54, 1.807) is 0 Å². The van der Waals surface area contributed by atoms with E-state index in [2.05, 4.69) is 53.6 Å². The summed E-state index contributed by atoms with van der Waals surface area (Å²) in [6.07, 6.45) is 1.08. The Morgan fingerprint density at radius 1 is 1.00 bits per heavy atom. The molecule has 1 aromatic carbocycles. The van der Waals surface area contributed by atoms with E-state index in [-0.39, 0.29) is 0 Å². The Kier molecular flexibility index (Phi) is 3.70. The Bertz CT molecular complexity index is 460. The van der Waals surface area contributed by atoms with Crippen LogP contribution in [0.4, 0.5) is 5.82 Å². The third kappa shape index (κ3) is 3.03. The highest BCUT2D eigenvalue weighted by Crippen LogP contribution is 2.17. The van der Waals surface area contributed by atoms with Crippen molar-refractivity contribution in [2.24, 2.45) is 0 Å². The molecule has 0 aliphatic heterocycles. The molecule has 0 fully saturated rings. The van der Waals surface area contributed by atoms with Crippen LogP contribution < -0.4 is 5.32 Å². The molecule has 0 aliphatic rings. The number of hydrogen-bond acceptors (Lipinski definition) is 3. The van der Waals surface area contributed by atoms with Crippen molar-refractivity contribution in [1.82, 2.24) is 10.2 Å². The average Bonchev–Trinajstić information content (AvgIpc) is 2.38. The fourth-order valence-corrected chi connectivity index (χ4v) is 1.56. The van der Waals surface area contributed by atoms with E-state index in [0.29, 0.717) is 0 Å². The maximum Gasteiger partial charge on any atom is 0.148 e. The lowest BCUT2D eigenvalue weighted by Crippen LogP contribution is -2.02. The predicted molar refractivity (Wildman–Crippen MR) is 71.0 cm³/mol. The molecule has 1 heterocycles. The van der Waals surface area contributed by atoms with Gasteiger partial charge in [0.2, 0.25) is 0 Å². The minimum absolute atomic E-state index is 0.836. The van der Waals surface area contributed by atoms with Gasteiger partial charge in [0.1, 0.15) is 5.82 Å². The van der Waals surface area contributed by atoms with Gasteiger partial charge in [0.15, 0.2) is 0 Å². The number of rotatable bonds is 4. The van der Waals surface area contributed by atoms with Crippen LogP contribution >= 0.6 is 0 Å². The molecule has 0 amide bonds. The molecule has 0 saturated carbocycles. The van der Waals surface area contributed by atoms with Crippen molar-refractivity contribution in [3.8, 4) is 11.3 Å². The second-order valence-electron chi connectivity index (χ2n) is 4.10. The van der Waals surface area contributed by atoms with E-state index in [1.807, 2.05) is 12.1 Å². The van der Waals surface area contributed by atoms with Crippen molar-refractivity contribution in [2.75, 3.05) is 11.9 Å². The first-order valence-corrected chi connectivity index (χ1v) is 5.94. The molecule has 1 N–H and O–H groups in total. The molecule has 0 aliphatic carbocycles. The van der Waals surface area contributed by atoms with E-state index < -0.39 is 0 Å². The summed E-state index contributed by atoms with van der Waals surface area (Å²) in [5, 5.41) is 11.6. The van der Waals surface area contributed by atoms with Gasteiger partial charge in [-0.15, -0.1) is 10.2 Å². The van der Waals surface area contributed by atoms with Crippen LogP contribution in [0.3, 0.4) is 0 Å². The van der Waals surface area contributed by atoms with E-state index in [9.17, 15) is 0 Å². The van der Waals surface area contributed by atoms with E-state index in [4.69, 9.17) is 0 Å². The van der Waals surface area contributed by atoms with Gasteiger partial charge in [0.25, 0.3) is 0 Å². The molecule has 17 heavy (non-hydrogen) atoms. The summed E-state index contributed by atoms with van der Waals surface area (Å²) in [7, 11) is 0. The van der Waals surface area contributed by atoms with Crippen LogP contribution in [0.5, 0.6) is 0 Å². The monoisotopic (exact) mass is 227 g/mol. The van der Waals surface area contributed by atoms with Crippen molar-refractivity contribution in [1.29, 1.82) is 0 Å². The van der Waals surface area contributed by atoms with E-state index in [0.717, 1.165) is 30.0 Å². The van der Waals surface area contributed by atoms with Crippen LogP contribution in [0.2, 0.25) is 0 Å². The van der Waals surface area contributed by atoms with E-state index >= 15 is 0 Å². The number of aromatic nitrogens is 2. The zero-order valence-corrected chi connectivity index (χ0v) is 10.3. The van der Waals surface area contributed by atoms with Crippen molar-refractivity contribution in [3.63, 3.8) is 0 Å². The van der Waals surface area contributed by atoms with Crippen LogP contribution in [0, 0.1) is 6.92 Å². The number of anilines is 1. The van der Waals surface area contributed by atoms with Crippen molar-refractivity contribution >= 4 is 5.82 Å². The lowest BCUT2D eigenvalue weighted by atomic mass is 10.1. The summed E-state index contributed by atoms with van der Waals surface area (Å²) in [6.45, 7) is 5.13. The highest BCUT2D eigenvalue weighted by molar-refractivity contribution is 5.59. The van der Waals surface area contributed by atoms with Crippen LogP contribution in [-0.2, 0) is 0 Å². The molecular weight excluding hydrogens is 210 g/mol. The topological polar surface area (TPSA) is 37.8 Å². The largest absolute Gasteiger partial charge is 0.369 e. The molecule has 0 radical (unpaired) electrons. The lowest BCUT2D eigenvalue weighted by Gasteiger charge is -2.04. The van der Waals surface area contributed by atoms with Gasteiger partial charge in [-0.1, -0.05) is 36.8 Å². The molecule has 2 rings (SSSR count). The highest BCUT2D eigenvalue weighted by atomic mass is 15.2. The summed E-state index contributed by atoms with van der Waals surface area (Å²) >= 11 is 0. The first kappa shape index (κ1) is 11.6. The van der Waals surface area contributed by atoms with Gasteiger partial charge in [0, 0.05) is 12.1 Å². The van der Waals surface area contributed by atoms with Crippen LogP contribution in [-0.4, -0.2) is 16.7 Å². The predicted octanol–water partition coefficient (Wildman–Crippen LogP) is 3.27. The minimum atomic E-state index is 0.836. The quantitative estimate of drug-likeness (QED) is 0.871. The number of nitrogens with zero attached hydrogens (tertiary/aromatic N) is 2. The summed E-state index contributed by atoms with van der Waals surface area (Å²) in [4.78, 5) is 0. The summed E-state index contributed by atoms with van der Waals surface area (Å²) in [5.41, 5.74) is 3.26. The molecule has 0 atom stereocenters. The highest BCUT2D eigenvalue weighted by Gasteiger charge is 2.00. The molecule has 0 bridgehead atoms. The number of aryl methyl sites for hydroxylation is 1. The summed E-state index contributed by atoms with van der Waals surface area (Å²) in [6, 6.07) is 12.3. The van der Waals surface area contributed by atoms with Gasteiger partial charge in [-0.3, -0.25) is 0 Å². The first-order chi connectivity index (χ1) is 8.29. The van der Waals surface area contributed by atoms with Gasteiger partial charge in [-0.2, -0.15) is 0 Å². The van der Waals surface area contributed by atoms with Crippen molar-refractivity contribution in [2.45, 2.75) is 20.3 Å². The Balaban J connectivity index is 2.14. The van der Waals surface area contributed by atoms with Crippen molar-refractivity contribution < 1.29 is 0 Å². The van der Waals surface area contributed by atoms with Gasteiger partial charge >= 0.3 is 0 Å². The van der Waals surface area contributed by atoms with Crippen LogP contribution in [0.15, 0.2) is 36.4 Å². The number of hydrogen-bond donors (Lipinski definition) is 1. The van der Waals surface area contributed by atoms with Gasteiger partial charge in [-0.25, -0.2) is 0 Å². The van der Waals surface area contributed by atoms with E-state index in [1.165, 1.54) is 5.56 Å². The second-order valence-corrected chi connectivity index (χ2v) is 4.10. The number of benzene rings is 1. The van der Waals surface area contributed by atoms with Gasteiger partial charge < -0.3 is 5.32 Å². The molecule has 3 nitrogen and oxygen atoms in total. The van der Waals surface area contributed by atoms with Gasteiger partial charge in [0.05, 0.1) is 5.69 Å². The molecular formula is C14H17N3. The normalized spacial score (nSPS) is 10.2. The maximum atomic E-state index is 4.22. The molecule has 88 valence electrons. The third-order valence-electron chi connectivity index (χ3n) is 2.57. The minimum Gasteiger partial charge on any atom is -0.369 e. The fraction of sp³-hybridized carbons (Fsp3) is 0.286. The third-order valence-corrected chi connectivity index (χ3v) is 2.57. The molecule has 3 heteroatoms. The molecule has 0 unspecified atom stereocenters. The zero-order valence-electron chi connectivity index (χ0n) is 10.3. The molecule has 2 aromatic rings. The standard InChI is InChI=1S/C14H17N3/c1-3-10-15-14-9-8-13(16-17-14)12-6-4-11(2)5-7-12/h4-9H,3,10H2,1-2H3,(H,15,17). The summed E-state index contributed by atoms with van der Waals surface area (Å²) < 4.78 is 0. The first-order valence-electron chi connectivity index (χ1n) is 5.94. The Labute approximate surface area is 102 Å². The van der Waals surface area contributed by atoms with Gasteiger partial charge in [-0.05, 0) is 25.5 Å². The molecule has 0 spiro atoms. The Morgan fingerprint density at radius 2 is 1.76 bits per heavy atom. The van der Waals surface area contributed by atoms with Crippen LogP contribution in [0.1, 0.15) is 18.9 Å². The lowest BCUT2D eigenvalue weighted by molar-refractivity contribution is 0.945. The maximum absolute atomic E-state index is 4.22.